The number of benzene rings is 1. The zero-order valence-electron chi connectivity index (χ0n) is 11.1. The Bertz CT molecular complexity index is 704. The van der Waals surface area contributed by atoms with Crippen LogP contribution in [0.5, 0.6) is 0 Å². The number of amides is 2. The molecule has 6 nitrogen and oxygen atoms in total. The Morgan fingerprint density at radius 1 is 1.24 bits per heavy atom. The lowest BCUT2D eigenvalue weighted by molar-refractivity contribution is 0.0698. The van der Waals surface area contributed by atoms with Crippen molar-refractivity contribution >= 4 is 35.0 Å². The highest BCUT2D eigenvalue weighted by Crippen LogP contribution is 2.20. The molecule has 0 aliphatic rings. The Hall–Kier alpha value is -2.60. The second kappa shape index (κ2) is 6.23. The zero-order chi connectivity index (χ0) is 15.4. The number of carboxylic acids is 1. The SMILES string of the molecule is Cc1ccc(NC(=O)Nc2cnccc2C(=O)O)cc1Cl. The first-order valence-electron chi connectivity index (χ1n) is 5.99. The summed E-state index contributed by atoms with van der Waals surface area (Å²) < 4.78 is 0. The van der Waals surface area contributed by atoms with Gasteiger partial charge < -0.3 is 15.7 Å². The second-order valence-electron chi connectivity index (χ2n) is 4.27. The van der Waals surface area contributed by atoms with Gasteiger partial charge in [-0.2, -0.15) is 0 Å². The van der Waals surface area contributed by atoms with Crippen LogP contribution in [-0.4, -0.2) is 22.1 Å². The van der Waals surface area contributed by atoms with Gasteiger partial charge >= 0.3 is 12.0 Å². The molecule has 0 saturated carbocycles. The number of carboxylic acid groups (broad SMARTS) is 1. The smallest absolute Gasteiger partial charge is 0.337 e. The molecule has 0 atom stereocenters. The highest BCUT2D eigenvalue weighted by molar-refractivity contribution is 6.31. The van der Waals surface area contributed by atoms with Gasteiger partial charge in [-0.15, -0.1) is 0 Å². The maximum Gasteiger partial charge on any atom is 0.337 e. The van der Waals surface area contributed by atoms with Crippen molar-refractivity contribution in [3.63, 3.8) is 0 Å². The highest BCUT2D eigenvalue weighted by Gasteiger charge is 2.12. The lowest BCUT2D eigenvalue weighted by Gasteiger charge is -2.10. The van der Waals surface area contributed by atoms with Gasteiger partial charge in [0, 0.05) is 16.9 Å². The largest absolute Gasteiger partial charge is 0.478 e. The number of anilines is 2. The molecule has 1 heterocycles. The molecule has 0 saturated heterocycles. The van der Waals surface area contributed by atoms with E-state index in [2.05, 4.69) is 15.6 Å². The Kier molecular flexibility index (Phi) is 4.39. The number of aromatic carboxylic acids is 1. The third-order valence-corrected chi connectivity index (χ3v) is 3.14. The summed E-state index contributed by atoms with van der Waals surface area (Å²) in [6.45, 7) is 1.85. The predicted octanol–water partition coefficient (Wildman–Crippen LogP) is 3.39. The van der Waals surface area contributed by atoms with Gasteiger partial charge in [0.15, 0.2) is 0 Å². The number of halogens is 1. The number of hydrogen-bond acceptors (Lipinski definition) is 3. The first kappa shape index (κ1) is 14.8. The lowest BCUT2D eigenvalue weighted by Crippen LogP contribution is -2.21. The molecule has 0 aliphatic heterocycles. The van der Waals surface area contributed by atoms with Gasteiger partial charge in [-0.25, -0.2) is 9.59 Å². The van der Waals surface area contributed by atoms with Crippen LogP contribution in [0.15, 0.2) is 36.7 Å². The fraction of sp³-hybridized carbons (Fsp3) is 0.0714. The minimum Gasteiger partial charge on any atom is -0.478 e. The first-order valence-corrected chi connectivity index (χ1v) is 6.36. The number of nitrogens with zero attached hydrogens (tertiary/aromatic N) is 1. The number of pyridine rings is 1. The molecule has 0 bridgehead atoms. The van der Waals surface area contributed by atoms with Gasteiger partial charge in [-0.05, 0) is 30.7 Å². The number of aromatic nitrogens is 1. The average molecular weight is 306 g/mol. The van der Waals surface area contributed by atoms with Crippen molar-refractivity contribution in [3.05, 3.63) is 52.8 Å². The van der Waals surface area contributed by atoms with Crippen LogP contribution in [0.25, 0.3) is 0 Å². The van der Waals surface area contributed by atoms with E-state index in [4.69, 9.17) is 16.7 Å². The maximum atomic E-state index is 11.9. The Balaban J connectivity index is 2.12. The highest BCUT2D eigenvalue weighted by atomic mass is 35.5. The number of carbonyl (C=O) groups is 2. The molecule has 0 unspecified atom stereocenters. The van der Waals surface area contributed by atoms with Gasteiger partial charge in [0.05, 0.1) is 17.4 Å². The van der Waals surface area contributed by atoms with Crippen LogP contribution in [-0.2, 0) is 0 Å². The molecule has 2 amide bonds. The maximum absolute atomic E-state index is 11.9. The number of aryl methyl sites for hydroxylation is 1. The molecular formula is C14H12ClN3O3. The Morgan fingerprint density at radius 3 is 2.67 bits per heavy atom. The Labute approximate surface area is 125 Å². The molecule has 0 fully saturated rings. The number of nitrogens with one attached hydrogen (secondary N) is 2. The van der Waals surface area contributed by atoms with Crippen LogP contribution in [0.3, 0.4) is 0 Å². The van der Waals surface area contributed by atoms with Crippen LogP contribution in [0.4, 0.5) is 16.2 Å². The molecule has 1 aromatic carbocycles. The Morgan fingerprint density at radius 2 is 2.00 bits per heavy atom. The molecule has 21 heavy (non-hydrogen) atoms. The standard InChI is InChI=1S/C14H12ClN3O3/c1-8-2-3-9(6-11(8)15)17-14(21)18-12-7-16-5-4-10(12)13(19)20/h2-7H,1H3,(H,19,20)(H2,17,18,21). The molecule has 0 aliphatic carbocycles. The molecular weight excluding hydrogens is 294 g/mol. The molecule has 3 N–H and O–H groups in total. The van der Waals surface area contributed by atoms with Gasteiger partial charge in [0.2, 0.25) is 0 Å². The van der Waals surface area contributed by atoms with E-state index >= 15 is 0 Å². The van der Waals surface area contributed by atoms with Crippen molar-refractivity contribution in [3.8, 4) is 0 Å². The van der Waals surface area contributed by atoms with Crippen LogP contribution in [0.1, 0.15) is 15.9 Å². The molecule has 0 spiro atoms. The third-order valence-electron chi connectivity index (χ3n) is 2.73. The summed E-state index contributed by atoms with van der Waals surface area (Å²) in [4.78, 5) is 26.7. The van der Waals surface area contributed by atoms with Crippen LogP contribution in [0.2, 0.25) is 5.02 Å². The van der Waals surface area contributed by atoms with E-state index < -0.39 is 12.0 Å². The fourth-order valence-electron chi connectivity index (χ4n) is 1.64. The van der Waals surface area contributed by atoms with Gasteiger partial charge in [-0.3, -0.25) is 4.98 Å². The quantitative estimate of drug-likeness (QED) is 0.810. The monoisotopic (exact) mass is 305 g/mol. The summed E-state index contributed by atoms with van der Waals surface area (Å²) in [5, 5.41) is 14.6. The van der Waals surface area contributed by atoms with Gasteiger partial charge in [0.1, 0.15) is 0 Å². The lowest BCUT2D eigenvalue weighted by atomic mass is 10.2. The average Bonchev–Trinajstić information content (AvgIpc) is 2.43. The minimum absolute atomic E-state index is 0.0397. The van der Waals surface area contributed by atoms with Gasteiger partial charge in [0.25, 0.3) is 0 Å². The number of rotatable bonds is 3. The molecule has 2 aromatic rings. The number of hydrogen-bond donors (Lipinski definition) is 3. The second-order valence-corrected chi connectivity index (χ2v) is 4.68. The van der Waals surface area contributed by atoms with E-state index in [0.717, 1.165) is 5.56 Å². The molecule has 108 valence electrons. The van der Waals surface area contributed by atoms with Crippen molar-refractivity contribution in [1.82, 2.24) is 4.98 Å². The molecule has 1 aromatic heterocycles. The first-order chi connectivity index (χ1) is 9.97. The van der Waals surface area contributed by atoms with E-state index in [1.165, 1.54) is 18.5 Å². The summed E-state index contributed by atoms with van der Waals surface area (Å²) in [6, 6.07) is 5.80. The zero-order valence-corrected chi connectivity index (χ0v) is 11.8. The number of carbonyl (C=O) groups excluding carboxylic acids is 1. The van der Waals surface area contributed by atoms with E-state index in [-0.39, 0.29) is 11.3 Å². The summed E-state index contributed by atoms with van der Waals surface area (Å²) in [7, 11) is 0. The molecule has 2 rings (SSSR count). The van der Waals surface area contributed by atoms with E-state index in [1.807, 2.05) is 6.92 Å². The normalized spacial score (nSPS) is 10.0. The van der Waals surface area contributed by atoms with Crippen molar-refractivity contribution in [2.45, 2.75) is 6.92 Å². The number of urea groups is 1. The summed E-state index contributed by atoms with van der Waals surface area (Å²) in [5.41, 5.74) is 1.47. The summed E-state index contributed by atoms with van der Waals surface area (Å²) in [6.07, 6.45) is 2.61. The topological polar surface area (TPSA) is 91.3 Å². The predicted molar refractivity (Wildman–Crippen MR) is 80.0 cm³/mol. The van der Waals surface area contributed by atoms with Gasteiger partial charge in [-0.1, -0.05) is 17.7 Å². The van der Waals surface area contributed by atoms with E-state index in [0.29, 0.717) is 10.7 Å². The van der Waals surface area contributed by atoms with Crippen LogP contribution >= 0.6 is 11.6 Å². The van der Waals surface area contributed by atoms with Crippen LogP contribution in [0, 0.1) is 6.92 Å². The minimum atomic E-state index is -1.15. The van der Waals surface area contributed by atoms with Crippen LogP contribution < -0.4 is 10.6 Å². The molecule has 0 radical (unpaired) electrons. The fourth-order valence-corrected chi connectivity index (χ4v) is 1.82. The van der Waals surface area contributed by atoms with Crippen molar-refractivity contribution in [2.75, 3.05) is 10.6 Å². The summed E-state index contributed by atoms with van der Waals surface area (Å²) >= 11 is 5.96. The molecule has 7 heteroatoms. The van der Waals surface area contributed by atoms with Crippen molar-refractivity contribution in [1.29, 1.82) is 0 Å². The van der Waals surface area contributed by atoms with Crippen molar-refractivity contribution < 1.29 is 14.7 Å². The summed E-state index contributed by atoms with van der Waals surface area (Å²) in [5.74, 6) is -1.15. The third kappa shape index (κ3) is 3.70. The van der Waals surface area contributed by atoms with E-state index in [9.17, 15) is 9.59 Å². The van der Waals surface area contributed by atoms with E-state index in [1.54, 1.807) is 18.2 Å². The van der Waals surface area contributed by atoms with Crippen molar-refractivity contribution in [2.24, 2.45) is 0 Å².